The minimum absolute atomic E-state index is 0.0184. The van der Waals surface area contributed by atoms with Gasteiger partial charge in [-0.1, -0.05) is 38.8 Å². The maximum Gasteiger partial charge on any atom is 0.225 e. The van der Waals surface area contributed by atoms with Crippen molar-refractivity contribution in [1.82, 2.24) is 15.0 Å². The lowest BCUT2D eigenvalue weighted by Crippen LogP contribution is -2.24. The lowest BCUT2D eigenvalue weighted by molar-refractivity contribution is 0.268. The Bertz CT molecular complexity index is 575. The SMILES string of the molecule is CC.CCCC(CO)Nc1nc(Cl)nc2cc(Cl)cnc12. The first-order valence-corrected chi connectivity index (χ1v) is 7.75. The van der Waals surface area contributed by atoms with Crippen molar-refractivity contribution in [1.29, 1.82) is 0 Å². The van der Waals surface area contributed by atoms with Gasteiger partial charge in [0, 0.05) is 6.20 Å². The van der Waals surface area contributed by atoms with Crippen molar-refractivity contribution in [3.05, 3.63) is 22.6 Å². The van der Waals surface area contributed by atoms with Gasteiger partial charge in [0.2, 0.25) is 5.28 Å². The Labute approximate surface area is 134 Å². The smallest absolute Gasteiger partial charge is 0.225 e. The molecule has 0 aliphatic rings. The van der Waals surface area contributed by atoms with E-state index in [4.69, 9.17) is 23.2 Å². The molecule has 2 rings (SSSR count). The van der Waals surface area contributed by atoms with Crippen LogP contribution in [0.5, 0.6) is 0 Å². The van der Waals surface area contributed by atoms with Crippen molar-refractivity contribution in [2.75, 3.05) is 11.9 Å². The molecule has 0 fully saturated rings. The van der Waals surface area contributed by atoms with Crippen molar-refractivity contribution in [3.63, 3.8) is 0 Å². The van der Waals surface area contributed by atoms with Crippen LogP contribution in [0, 0.1) is 0 Å². The molecule has 0 radical (unpaired) electrons. The zero-order chi connectivity index (χ0) is 15.8. The van der Waals surface area contributed by atoms with Crippen LogP contribution in [0.1, 0.15) is 33.6 Å². The van der Waals surface area contributed by atoms with Crippen molar-refractivity contribution < 1.29 is 5.11 Å². The second-order valence-electron chi connectivity index (χ2n) is 4.18. The highest BCUT2D eigenvalue weighted by atomic mass is 35.5. The van der Waals surface area contributed by atoms with Gasteiger partial charge in [0.05, 0.1) is 23.2 Å². The largest absolute Gasteiger partial charge is 0.394 e. The molecule has 1 atom stereocenters. The van der Waals surface area contributed by atoms with E-state index in [2.05, 4.69) is 20.3 Å². The second kappa shape index (κ2) is 8.97. The predicted molar refractivity (Wildman–Crippen MR) is 88.1 cm³/mol. The highest BCUT2D eigenvalue weighted by Gasteiger charge is 2.13. The van der Waals surface area contributed by atoms with Gasteiger partial charge in [-0.2, -0.15) is 4.98 Å². The number of anilines is 1. The summed E-state index contributed by atoms with van der Waals surface area (Å²) < 4.78 is 0. The molecular formula is C14H20Cl2N4O. The molecule has 2 aromatic heterocycles. The molecule has 0 spiro atoms. The van der Waals surface area contributed by atoms with E-state index in [1.165, 1.54) is 6.20 Å². The quantitative estimate of drug-likeness (QED) is 0.812. The average Bonchev–Trinajstić information content (AvgIpc) is 2.48. The van der Waals surface area contributed by atoms with Crippen LogP contribution in [0.3, 0.4) is 0 Å². The van der Waals surface area contributed by atoms with E-state index in [1.807, 2.05) is 20.8 Å². The summed E-state index contributed by atoms with van der Waals surface area (Å²) in [5.41, 5.74) is 1.16. The average molecular weight is 331 g/mol. The Hall–Kier alpha value is -1.17. The third-order valence-corrected chi connectivity index (χ3v) is 3.05. The van der Waals surface area contributed by atoms with Gasteiger partial charge in [0.15, 0.2) is 5.82 Å². The molecular weight excluding hydrogens is 311 g/mol. The van der Waals surface area contributed by atoms with Crippen molar-refractivity contribution in [3.8, 4) is 0 Å². The van der Waals surface area contributed by atoms with E-state index in [0.29, 0.717) is 21.9 Å². The lowest BCUT2D eigenvalue weighted by atomic mass is 10.2. The Morgan fingerprint density at radius 2 is 2.00 bits per heavy atom. The number of aromatic nitrogens is 3. The fourth-order valence-corrected chi connectivity index (χ4v) is 2.15. The molecule has 2 aromatic rings. The van der Waals surface area contributed by atoms with E-state index < -0.39 is 0 Å². The number of pyridine rings is 1. The molecule has 21 heavy (non-hydrogen) atoms. The first-order valence-electron chi connectivity index (χ1n) is 7.00. The van der Waals surface area contributed by atoms with Gasteiger partial charge >= 0.3 is 0 Å². The Morgan fingerprint density at radius 3 is 2.62 bits per heavy atom. The minimum atomic E-state index is -0.0864. The zero-order valence-electron chi connectivity index (χ0n) is 12.4. The van der Waals surface area contributed by atoms with Crippen LogP contribution in [0.25, 0.3) is 11.0 Å². The fraction of sp³-hybridized carbons (Fsp3) is 0.500. The first kappa shape index (κ1) is 17.9. The topological polar surface area (TPSA) is 70.9 Å². The standard InChI is InChI=1S/C12H14Cl2N4O.C2H6/c1-2-3-8(6-19)16-11-10-9(17-12(14)18-11)4-7(13)5-15-10;1-2/h4-5,8,19H,2-3,6H2,1H3,(H,16,17,18);1-2H3. The number of aliphatic hydroxyl groups excluding tert-OH is 1. The molecule has 0 bridgehead atoms. The predicted octanol–water partition coefficient (Wildman–Crippen LogP) is 3.93. The number of halogens is 2. The molecule has 0 aliphatic carbocycles. The van der Waals surface area contributed by atoms with Crippen LogP contribution in [-0.4, -0.2) is 32.7 Å². The molecule has 0 saturated heterocycles. The molecule has 0 aromatic carbocycles. The summed E-state index contributed by atoms with van der Waals surface area (Å²) in [6, 6.07) is 1.59. The van der Waals surface area contributed by atoms with Gasteiger partial charge in [-0.05, 0) is 24.1 Å². The van der Waals surface area contributed by atoms with Gasteiger partial charge in [-0.3, -0.25) is 0 Å². The van der Waals surface area contributed by atoms with E-state index in [9.17, 15) is 5.11 Å². The summed E-state index contributed by atoms with van der Waals surface area (Å²) >= 11 is 11.8. The van der Waals surface area contributed by atoms with E-state index >= 15 is 0 Å². The number of nitrogens with one attached hydrogen (secondary N) is 1. The van der Waals surface area contributed by atoms with Gasteiger partial charge in [-0.25, -0.2) is 9.97 Å². The molecule has 0 saturated carbocycles. The molecule has 0 amide bonds. The number of fused-ring (bicyclic) bond motifs is 1. The Balaban J connectivity index is 0.00000106. The molecule has 1 unspecified atom stereocenters. The van der Waals surface area contributed by atoms with E-state index in [-0.39, 0.29) is 17.9 Å². The number of nitrogens with zero attached hydrogens (tertiary/aromatic N) is 3. The highest BCUT2D eigenvalue weighted by molar-refractivity contribution is 6.31. The zero-order valence-corrected chi connectivity index (χ0v) is 13.9. The summed E-state index contributed by atoms with van der Waals surface area (Å²) in [6.45, 7) is 6.07. The molecule has 7 heteroatoms. The summed E-state index contributed by atoms with van der Waals surface area (Å²) in [7, 11) is 0. The number of rotatable bonds is 5. The Morgan fingerprint density at radius 1 is 1.29 bits per heavy atom. The van der Waals surface area contributed by atoms with Gasteiger partial charge in [0.1, 0.15) is 5.52 Å². The summed E-state index contributed by atoms with van der Waals surface area (Å²) in [5.74, 6) is 0.513. The van der Waals surface area contributed by atoms with Gasteiger partial charge in [0.25, 0.3) is 0 Å². The minimum Gasteiger partial charge on any atom is -0.394 e. The van der Waals surface area contributed by atoms with Crippen molar-refractivity contribution in [2.45, 2.75) is 39.7 Å². The highest BCUT2D eigenvalue weighted by Crippen LogP contribution is 2.23. The summed E-state index contributed by atoms with van der Waals surface area (Å²) in [4.78, 5) is 12.4. The summed E-state index contributed by atoms with van der Waals surface area (Å²) in [6.07, 6.45) is 3.31. The van der Waals surface area contributed by atoms with Crippen molar-refractivity contribution >= 4 is 40.1 Å². The maximum atomic E-state index is 9.32. The van der Waals surface area contributed by atoms with E-state index in [1.54, 1.807) is 6.07 Å². The third kappa shape index (κ3) is 4.95. The monoisotopic (exact) mass is 330 g/mol. The Kier molecular flexibility index (Phi) is 7.64. The fourth-order valence-electron chi connectivity index (χ4n) is 1.82. The molecule has 0 aliphatic heterocycles. The van der Waals surface area contributed by atoms with Crippen LogP contribution in [0.2, 0.25) is 10.3 Å². The van der Waals surface area contributed by atoms with Crippen LogP contribution in [-0.2, 0) is 0 Å². The van der Waals surface area contributed by atoms with Crippen LogP contribution in [0.15, 0.2) is 12.3 Å². The molecule has 2 heterocycles. The number of hydrogen-bond donors (Lipinski definition) is 2. The molecule has 116 valence electrons. The molecule has 2 N–H and O–H groups in total. The van der Waals surface area contributed by atoms with Gasteiger partial charge < -0.3 is 10.4 Å². The van der Waals surface area contributed by atoms with Gasteiger partial charge in [-0.15, -0.1) is 0 Å². The van der Waals surface area contributed by atoms with E-state index in [0.717, 1.165) is 12.8 Å². The second-order valence-corrected chi connectivity index (χ2v) is 4.95. The molecule has 5 nitrogen and oxygen atoms in total. The van der Waals surface area contributed by atoms with Crippen LogP contribution < -0.4 is 5.32 Å². The first-order chi connectivity index (χ1) is 10.1. The van der Waals surface area contributed by atoms with Crippen LogP contribution in [0.4, 0.5) is 5.82 Å². The van der Waals surface area contributed by atoms with Crippen LogP contribution >= 0.6 is 23.2 Å². The third-order valence-electron chi connectivity index (χ3n) is 2.67. The van der Waals surface area contributed by atoms with Crippen molar-refractivity contribution in [2.24, 2.45) is 0 Å². The number of hydrogen-bond acceptors (Lipinski definition) is 5. The maximum absolute atomic E-state index is 9.32. The summed E-state index contributed by atoms with van der Waals surface area (Å²) in [5, 5.41) is 13.1. The normalized spacial score (nSPS) is 11.7. The lowest BCUT2D eigenvalue weighted by Gasteiger charge is -2.16. The number of aliphatic hydroxyl groups is 1.